The van der Waals surface area contributed by atoms with Gasteiger partial charge in [0.05, 0.1) is 55.6 Å². The highest BCUT2D eigenvalue weighted by Gasteiger charge is 2.39. The molecule has 3 heterocycles. The first-order valence-corrected chi connectivity index (χ1v) is 26.7. The average Bonchev–Trinajstić information content (AvgIpc) is 1.57. The van der Waals surface area contributed by atoms with Crippen LogP contribution in [0, 0.1) is 0 Å². The molecule has 0 aliphatic heterocycles. The summed E-state index contributed by atoms with van der Waals surface area (Å²) in [5, 5.41) is 1.60. The van der Waals surface area contributed by atoms with Crippen LogP contribution >= 0.6 is 0 Å². The lowest BCUT2D eigenvalue weighted by Gasteiger charge is -2.20. The predicted octanol–water partition coefficient (Wildman–Crippen LogP) is 21.2. The third kappa shape index (κ3) is 10.4. The number of fused-ring (bicyclic) bond motifs is 6. The largest absolute Gasteiger partial charge is 0.416 e. The Bertz CT molecular complexity index is 4780. The molecule has 0 saturated carbocycles. The van der Waals surface area contributed by atoms with E-state index in [1.54, 1.807) is 137 Å². The van der Waals surface area contributed by atoms with Crippen LogP contribution in [0.1, 0.15) is 27.8 Å². The van der Waals surface area contributed by atoms with Crippen LogP contribution in [0.3, 0.4) is 0 Å². The van der Waals surface area contributed by atoms with E-state index in [9.17, 15) is 52.7 Å². The Morgan fingerprint density at radius 1 is 0.239 bits per heavy atom. The molecule has 0 amide bonds. The zero-order valence-electron chi connectivity index (χ0n) is 44.7. The molecule has 0 saturated heterocycles. The third-order valence-corrected chi connectivity index (χ3v) is 15.2. The Hall–Kier alpha value is -10.2. The van der Waals surface area contributed by atoms with Gasteiger partial charge in [0.25, 0.3) is 0 Å². The minimum Gasteiger partial charge on any atom is -0.309 e. The van der Waals surface area contributed by atoms with E-state index in [2.05, 4.69) is 0 Å². The Morgan fingerprint density at radius 2 is 0.636 bits per heavy atom. The second-order valence-electron chi connectivity index (χ2n) is 20.8. The quantitative estimate of drug-likeness (QED) is 0.142. The molecule has 0 N–H and O–H groups in total. The first-order valence-electron chi connectivity index (χ1n) is 26.7. The molecule has 0 atom stereocenters. The number of hydrogen-bond donors (Lipinski definition) is 0. The molecule has 0 fully saturated rings. The van der Waals surface area contributed by atoms with Crippen LogP contribution in [0.25, 0.3) is 123 Å². The molecule has 0 radical (unpaired) electrons. The van der Waals surface area contributed by atoms with Crippen molar-refractivity contribution in [1.29, 1.82) is 0 Å². The predicted molar refractivity (Wildman–Crippen MR) is 306 cm³/mol. The second-order valence-corrected chi connectivity index (χ2v) is 20.8. The first kappa shape index (κ1) is 56.9. The molecule has 5 nitrogen and oxygen atoms in total. The van der Waals surface area contributed by atoms with E-state index >= 15 is 13.2 Å². The number of hydrogen-bond acceptors (Lipinski definition) is 3. The van der Waals surface area contributed by atoms with Crippen molar-refractivity contribution in [3.05, 3.63) is 246 Å². The number of aromatic nitrogens is 5. The third-order valence-electron chi connectivity index (χ3n) is 15.2. The molecule has 0 bridgehead atoms. The summed E-state index contributed by atoms with van der Waals surface area (Å²) in [7, 11) is 0. The van der Waals surface area contributed by atoms with Gasteiger partial charge in [-0.1, -0.05) is 109 Å². The smallest absolute Gasteiger partial charge is 0.309 e. The molecule has 438 valence electrons. The fourth-order valence-corrected chi connectivity index (χ4v) is 11.2. The van der Waals surface area contributed by atoms with Gasteiger partial charge in [0, 0.05) is 49.5 Å². The van der Waals surface area contributed by atoms with Crippen molar-refractivity contribution < 1.29 is 65.9 Å². The van der Waals surface area contributed by atoms with Gasteiger partial charge >= 0.3 is 30.9 Å². The molecule has 88 heavy (non-hydrogen) atoms. The Kier molecular flexibility index (Phi) is 13.4. The van der Waals surface area contributed by atoms with E-state index in [1.165, 1.54) is 42.5 Å². The van der Waals surface area contributed by atoms with Crippen molar-refractivity contribution >= 4 is 43.6 Å². The highest BCUT2D eigenvalue weighted by atomic mass is 19.4. The van der Waals surface area contributed by atoms with Gasteiger partial charge in [-0.3, -0.25) is 0 Å². The van der Waals surface area contributed by atoms with Gasteiger partial charge in [0.15, 0.2) is 17.5 Å². The first-order chi connectivity index (χ1) is 41.8. The molecule has 0 spiro atoms. The second kappa shape index (κ2) is 20.7. The van der Waals surface area contributed by atoms with Crippen LogP contribution in [0.2, 0.25) is 0 Å². The molecular formula is C68H36F15N5. The van der Waals surface area contributed by atoms with Crippen LogP contribution in [0.15, 0.2) is 218 Å². The number of halogens is 15. The minimum absolute atomic E-state index is 0.00466. The monoisotopic (exact) mass is 1210 g/mol. The maximum atomic E-state index is 15.4. The summed E-state index contributed by atoms with van der Waals surface area (Å²) in [4.78, 5) is 14.8. The molecule has 3 aromatic heterocycles. The molecule has 0 unspecified atom stereocenters. The van der Waals surface area contributed by atoms with Gasteiger partial charge < -0.3 is 9.13 Å². The molecule has 0 aliphatic rings. The van der Waals surface area contributed by atoms with E-state index in [1.807, 2.05) is 0 Å². The zero-order valence-corrected chi connectivity index (χ0v) is 44.7. The molecular weight excluding hydrogens is 1170 g/mol. The maximum absolute atomic E-state index is 15.4. The van der Waals surface area contributed by atoms with E-state index in [0.29, 0.717) is 79.2 Å². The van der Waals surface area contributed by atoms with Gasteiger partial charge in [-0.15, -0.1) is 0 Å². The zero-order chi connectivity index (χ0) is 61.8. The summed E-state index contributed by atoms with van der Waals surface area (Å²) in [6, 6.07) is 50.0. The van der Waals surface area contributed by atoms with Crippen molar-refractivity contribution in [2.75, 3.05) is 0 Å². The van der Waals surface area contributed by atoms with Gasteiger partial charge in [0.1, 0.15) is 0 Å². The molecule has 10 aromatic carbocycles. The lowest BCUT2D eigenvalue weighted by molar-refractivity contribution is -0.144. The number of benzene rings is 10. The van der Waals surface area contributed by atoms with Crippen LogP contribution in [-0.2, 0) is 30.9 Å². The Balaban J connectivity index is 1.09. The van der Waals surface area contributed by atoms with Gasteiger partial charge in [0.2, 0.25) is 0 Å². The van der Waals surface area contributed by atoms with Gasteiger partial charge in [-0.2, -0.15) is 65.9 Å². The van der Waals surface area contributed by atoms with E-state index < -0.39 is 64.3 Å². The van der Waals surface area contributed by atoms with Crippen LogP contribution < -0.4 is 0 Å². The summed E-state index contributed by atoms with van der Waals surface area (Å²) in [5.41, 5.74) is -4.85. The van der Waals surface area contributed by atoms with Crippen LogP contribution in [-0.4, -0.2) is 24.1 Å². The van der Waals surface area contributed by atoms with Crippen molar-refractivity contribution in [1.82, 2.24) is 24.1 Å². The number of rotatable bonds is 8. The van der Waals surface area contributed by atoms with Gasteiger partial charge in [-0.05, 0) is 137 Å². The number of alkyl halides is 15. The topological polar surface area (TPSA) is 48.5 Å². The molecule has 13 aromatic rings. The summed E-state index contributed by atoms with van der Waals surface area (Å²) in [6.07, 6.45) is -25.6. The van der Waals surface area contributed by atoms with Crippen molar-refractivity contribution in [2.45, 2.75) is 30.9 Å². The Labute approximate surface area is 487 Å². The van der Waals surface area contributed by atoms with E-state index in [0.717, 1.165) is 12.1 Å². The molecule has 13 rings (SSSR count). The van der Waals surface area contributed by atoms with Crippen LogP contribution in [0.4, 0.5) is 65.9 Å². The van der Waals surface area contributed by atoms with Crippen molar-refractivity contribution in [3.8, 4) is 78.9 Å². The van der Waals surface area contributed by atoms with Gasteiger partial charge in [-0.25, -0.2) is 15.0 Å². The molecule has 20 heteroatoms. The minimum atomic E-state index is -5.16. The maximum Gasteiger partial charge on any atom is 0.416 e. The summed E-state index contributed by atoms with van der Waals surface area (Å²) < 4.78 is 220. The number of nitrogens with zero attached hydrogens (tertiary/aromatic N) is 5. The summed E-state index contributed by atoms with van der Waals surface area (Å²) >= 11 is 0. The van der Waals surface area contributed by atoms with Crippen LogP contribution in [0.5, 0.6) is 0 Å². The number of para-hydroxylation sites is 2. The van der Waals surface area contributed by atoms with Crippen molar-refractivity contribution in [2.24, 2.45) is 0 Å². The van der Waals surface area contributed by atoms with E-state index in [-0.39, 0.29) is 74.2 Å². The summed E-state index contributed by atoms with van der Waals surface area (Å²) in [6.45, 7) is 0. The fourth-order valence-electron chi connectivity index (χ4n) is 11.2. The summed E-state index contributed by atoms with van der Waals surface area (Å²) in [5.74, 6) is 0.368. The Morgan fingerprint density at radius 3 is 1.09 bits per heavy atom. The van der Waals surface area contributed by atoms with E-state index in [4.69, 9.17) is 15.0 Å². The normalized spacial score (nSPS) is 12.7. The standard InChI is InChI=1S/C68H36F15N5/c69-64(70,71)43-21-26-60(88-57-18-10-8-16-50(57)54-32-40(20-25-59(54)88)42-29-46(67(78,79)80)34-47(30-42)68(81,82)83)55(35-43)52-36-48(22-23-51(52)63-85-61(37-11-3-1-4-12-37)84-62(86-63)38-13-5-2-6-14-38)87-56-17-9-7-15-49(56)53-31-39(19-24-58(53)87)41-27-44(65(72,73)74)33-45(28-41)66(75,76)77/h1-36H. The highest BCUT2D eigenvalue weighted by molar-refractivity contribution is 6.12. The SMILES string of the molecule is FC(F)(F)c1cc(-c2ccc3c(c2)c2ccccc2n3-c2ccc(-c3nc(-c4ccccc4)nc(-c4ccccc4)n3)c(-c3cc(C(F)(F)F)ccc3-n3c4ccccc4c4cc(-c5cc(C(F)(F)F)cc(C(F)(F)F)c5)ccc43)c2)cc(C(F)(F)F)c1. The highest BCUT2D eigenvalue weighted by Crippen LogP contribution is 2.47. The lowest BCUT2D eigenvalue weighted by Crippen LogP contribution is -2.11. The lowest BCUT2D eigenvalue weighted by atomic mass is 9.94. The fraction of sp³-hybridized carbons (Fsp3) is 0.0735. The average molecular weight is 1210 g/mol. The van der Waals surface area contributed by atoms with Crippen molar-refractivity contribution in [3.63, 3.8) is 0 Å². The molecule has 0 aliphatic carbocycles.